The minimum atomic E-state index is -0.477. The lowest BCUT2D eigenvalue weighted by atomic mass is 9.72. The fourth-order valence-corrected chi connectivity index (χ4v) is 4.74. The molecule has 2 aliphatic rings. The Morgan fingerprint density at radius 1 is 1.06 bits per heavy atom. The number of rotatable bonds is 5. The second-order valence-corrected chi connectivity index (χ2v) is 8.50. The predicted octanol–water partition coefficient (Wildman–Crippen LogP) is 5.27. The Morgan fingerprint density at radius 2 is 1.72 bits per heavy atom. The van der Waals surface area contributed by atoms with Crippen LogP contribution in [-0.4, -0.2) is 25.5 Å². The number of methoxy groups -OCH3 is 1. The SMILES string of the molecule is CCOC(=O)C1=C(C)NC2=C(C(=O)C[C@H](c3ccc(Cl)cc3)C2)[C@H]1c1ccc(OC)cc1. The van der Waals surface area contributed by atoms with Crippen LogP contribution in [0, 0.1) is 0 Å². The second-order valence-electron chi connectivity index (χ2n) is 8.06. The van der Waals surface area contributed by atoms with Gasteiger partial charge in [0, 0.05) is 34.3 Å². The van der Waals surface area contributed by atoms with Crippen LogP contribution >= 0.6 is 11.6 Å². The summed E-state index contributed by atoms with van der Waals surface area (Å²) in [6, 6.07) is 15.2. The van der Waals surface area contributed by atoms with Crippen molar-refractivity contribution in [1.29, 1.82) is 0 Å². The highest BCUT2D eigenvalue weighted by Crippen LogP contribution is 2.46. The summed E-state index contributed by atoms with van der Waals surface area (Å²) in [5.74, 6) is -0.0753. The molecule has 1 heterocycles. The number of allylic oxidation sites excluding steroid dienone is 3. The van der Waals surface area contributed by atoms with E-state index in [1.807, 2.05) is 55.5 Å². The first-order chi connectivity index (χ1) is 15.4. The molecule has 1 aliphatic heterocycles. The Labute approximate surface area is 193 Å². The van der Waals surface area contributed by atoms with Gasteiger partial charge in [-0.05, 0) is 61.6 Å². The summed E-state index contributed by atoms with van der Waals surface area (Å²) in [6.45, 7) is 3.91. The Balaban J connectivity index is 1.78. The van der Waals surface area contributed by atoms with Gasteiger partial charge in [0.2, 0.25) is 0 Å². The highest BCUT2D eigenvalue weighted by molar-refractivity contribution is 6.30. The molecule has 2 atom stereocenters. The summed E-state index contributed by atoms with van der Waals surface area (Å²) in [7, 11) is 1.61. The number of esters is 1. The number of carbonyl (C=O) groups excluding carboxylic acids is 2. The van der Waals surface area contributed by atoms with Crippen molar-refractivity contribution in [3.05, 3.63) is 87.2 Å². The van der Waals surface area contributed by atoms with E-state index in [9.17, 15) is 9.59 Å². The lowest BCUT2D eigenvalue weighted by Gasteiger charge is -2.36. The van der Waals surface area contributed by atoms with Gasteiger partial charge in [-0.25, -0.2) is 4.79 Å². The molecule has 0 bridgehead atoms. The summed E-state index contributed by atoms with van der Waals surface area (Å²) in [4.78, 5) is 26.4. The number of benzene rings is 2. The summed E-state index contributed by atoms with van der Waals surface area (Å²) in [6.07, 6.45) is 1.06. The standard InChI is InChI=1S/C26H26ClNO4/c1-4-32-26(30)23-15(2)28-21-13-18(16-5-9-19(27)10-6-16)14-22(29)25(21)24(23)17-7-11-20(31-3)12-8-17/h5-12,18,24,28H,4,13-14H2,1-3H3/t18-,24+/m1/s1. The van der Waals surface area contributed by atoms with Crippen molar-refractivity contribution in [1.82, 2.24) is 5.32 Å². The Morgan fingerprint density at radius 3 is 2.34 bits per heavy atom. The number of hydrogen-bond acceptors (Lipinski definition) is 5. The zero-order valence-corrected chi connectivity index (χ0v) is 19.2. The quantitative estimate of drug-likeness (QED) is 0.627. The molecule has 0 aromatic heterocycles. The van der Waals surface area contributed by atoms with E-state index in [0.29, 0.717) is 40.5 Å². The number of hydrogen-bond donors (Lipinski definition) is 1. The van der Waals surface area contributed by atoms with Crippen molar-refractivity contribution < 1.29 is 19.1 Å². The maximum atomic E-state index is 13.5. The van der Waals surface area contributed by atoms with E-state index in [4.69, 9.17) is 21.1 Å². The lowest BCUT2D eigenvalue weighted by Crippen LogP contribution is -2.36. The van der Waals surface area contributed by atoms with Gasteiger partial charge in [0.15, 0.2) is 5.78 Å². The zero-order chi connectivity index (χ0) is 22.8. The van der Waals surface area contributed by atoms with Gasteiger partial charge in [-0.3, -0.25) is 4.79 Å². The fraction of sp³-hybridized carbons (Fsp3) is 0.308. The molecule has 1 N–H and O–H groups in total. The van der Waals surface area contributed by atoms with Gasteiger partial charge in [0.1, 0.15) is 5.75 Å². The number of carbonyl (C=O) groups is 2. The molecule has 6 heteroatoms. The normalized spacial score (nSPS) is 20.6. The molecule has 1 aliphatic carbocycles. The molecule has 0 saturated carbocycles. The van der Waals surface area contributed by atoms with Crippen molar-refractivity contribution in [2.75, 3.05) is 13.7 Å². The summed E-state index contributed by atoms with van der Waals surface area (Å²) < 4.78 is 10.6. The third-order valence-corrected chi connectivity index (χ3v) is 6.37. The van der Waals surface area contributed by atoms with Crippen LogP contribution in [0.2, 0.25) is 5.02 Å². The minimum Gasteiger partial charge on any atom is -0.497 e. The van der Waals surface area contributed by atoms with E-state index in [0.717, 1.165) is 16.8 Å². The van der Waals surface area contributed by atoms with Gasteiger partial charge < -0.3 is 14.8 Å². The van der Waals surface area contributed by atoms with Crippen LogP contribution in [-0.2, 0) is 14.3 Å². The van der Waals surface area contributed by atoms with Crippen molar-refractivity contribution in [3.8, 4) is 5.75 Å². The number of ketones is 1. The summed E-state index contributed by atoms with van der Waals surface area (Å²) in [5, 5.41) is 4.03. The topological polar surface area (TPSA) is 64.6 Å². The van der Waals surface area contributed by atoms with Crippen molar-refractivity contribution in [2.24, 2.45) is 0 Å². The van der Waals surface area contributed by atoms with Gasteiger partial charge in [-0.15, -0.1) is 0 Å². The van der Waals surface area contributed by atoms with Gasteiger partial charge in [0.05, 0.1) is 19.3 Å². The van der Waals surface area contributed by atoms with E-state index in [1.165, 1.54) is 0 Å². The molecular weight excluding hydrogens is 426 g/mol. The number of nitrogens with one attached hydrogen (secondary N) is 1. The van der Waals surface area contributed by atoms with Crippen molar-refractivity contribution >= 4 is 23.4 Å². The van der Waals surface area contributed by atoms with Gasteiger partial charge >= 0.3 is 5.97 Å². The average molecular weight is 452 g/mol. The molecule has 0 radical (unpaired) electrons. The molecule has 0 amide bonds. The Bertz CT molecular complexity index is 1100. The van der Waals surface area contributed by atoms with E-state index in [2.05, 4.69) is 5.32 Å². The number of dihydropyridines is 1. The maximum Gasteiger partial charge on any atom is 0.336 e. The first-order valence-corrected chi connectivity index (χ1v) is 11.1. The molecule has 166 valence electrons. The third-order valence-electron chi connectivity index (χ3n) is 6.11. The van der Waals surface area contributed by atoms with Crippen LogP contribution in [0.15, 0.2) is 71.1 Å². The maximum absolute atomic E-state index is 13.5. The Hall–Kier alpha value is -3.05. The van der Waals surface area contributed by atoms with Crippen molar-refractivity contribution in [2.45, 2.75) is 38.5 Å². The largest absolute Gasteiger partial charge is 0.497 e. The monoisotopic (exact) mass is 451 g/mol. The van der Waals surface area contributed by atoms with Gasteiger partial charge in [-0.1, -0.05) is 35.9 Å². The van der Waals surface area contributed by atoms with Crippen LogP contribution in [0.4, 0.5) is 0 Å². The highest BCUT2D eigenvalue weighted by Gasteiger charge is 2.41. The summed E-state index contributed by atoms with van der Waals surface area (Å²) >= 11 is 6.04. The number of ether oxygens (including phenoxy) is 2. The second kappa shape index (κ2) is 9.21. The molecule has 5 nitrogen and oxygen atoms in total. The van der Waals surface area contributed by atoms with E-state index >= 15 is 0 Å². The van der Waals surface area contributed by atoms with Crippen molar-refractivity contribution in [3.63, 3.8) is 0 Å². The lowest BCUT2D eigenvalue weighted by molar-refractivity contribution is -0.138. The molecule has 4 rings (SSSR count). The molecule has 0 fully saturated rings. The first-order valence-electron chi connectivity index (χ1n) is 10.7. The van der Waals surface area contributed by atoms with Crippen LogP contribution in [0.1, 0.15) is 49.7 Å². The molecule has 32 heavy (non-hydrogen) atoms. The molecular formula is C26H26ClNO4. The van der Waals surface area contributed by atoms with E-state index in [1.54, 1.807) is 14.0 Å². The molecule has 0 saturated heterocycles. The van der Waals surface area contributed by atoms with Crippen LogP contribution in [0.5, 0.6) is 5.75 Å². The minimum absolute atomic E-state index is 0.0359. The van der Waals surface area contributed by atoms with E-state index in [-0.39, 0.29) is 18.3 Å². The van der Waals surface area contributed by atoms with Crippen LogP contribution < -0.4 is 10.1 Å². The predicted molar refractivity (Wildman–Crippen MR) is 124 cm³/mol. The third kappa shape index (κ3) is 4.17. The first kappa shape index (κ1) is 22.2. The zero-order valence-electron chi connectivity index (χ0n) is 18.4. The smallest absolute Gasteiger partial charge is 0.336 e. The van der Waals surface area contributed by atoms with Crippen LogP contribution in [0.3, 0.4) is 0 Å². The molecule has 0 unspecified atom stereocenters. The van der Waals surface area contributed by atoms with Crippen LogP contribution in [0.25, 0.3) is 0 Å². The van der Waals surface area contributed by atoms with Gasteiger partial charge in [-0.2, -0.15) is 0 Å². The van der Waals surface area contributed by atoms with Gasteiger partial charge in [0.25, 0.3) is 0 Å². The number of halogens is 1. The Kier molecular flexibility index (Phi) is 6.38. The fourth-order valence-electron chi connectivity index (χ4n) is 4.62. The summed E-state index contributed by atoms with van der Waals surface area (Å²) in [5.41, 5.74) is 4.65. The average Bonchev–Trinajstić information content (AvgIpc) is 2.78. The molecule has 2 aromatic rings. The highest BCUT2D eigenvalue weighted by atomic mass is 35.5. The van der Waals surface area contributed by atoms with E-state index < -0.39 is 11.9 Å². The molecule has 2 aromatic carbocycles. The molecule has 0 spiro atoms. The number of Topliss-reactive ketones (excluding diaryl/α,β-unsaturated/α-hetero) is 1.